The number of ether oxygens (including phenoxy) is 1. The molecule has 4 aromatic rings. The first-order valence-corrected chi connectivity index (χ1v) is 10.2. The van der Waals surface area contributed by atoms with Crippen LogP contribution in [0.15, 0.2) is 73.1 Å². The largest absolute Gasteiger partial charge is 0.497 e. The molecule has 0 unspecified atom stereocenters. The number of rotatable bonds is 8. The zero-order chi connectivity index (χ0) is 24.8. The van der Waals surface area contributed by atoms with Crippen molar-refractivity contribution in [1.29, 1.82) is 0 Å². The summed E-state index contributed by atoms with van der Waals surface area (Å²) >= 11 is 0. The maximum Gasteiger partial charge on any atom is 0.356 e. The van der Waals surface area contributed by atoms with Crippen molar-refractivity contribution >= 4 is 39.9 Å². The third-order valence-corrected chi connectivity index (χ3v) is 4.98. The van der Waals surface area contributed by atoms with Gasteiger partial charge in [0.15, 0.2) is 0 Å². The lowest BCUT2D eigenvalue weighted by molar-refractivity contribution is -0.383. The number of aromatic nitrogens is 2. The summed E-state index contributed by atoms with van der Waals surface area (Å²) in [4.78, 5) is 43.8. The summed E-state index contributed by atoms with van der Waals surface area (Å²) in [6, 6.07) is 18.8. The topological polar surface area (TPSA) is 160 Å². The Morgan fingerprint density at radius 2 is 1.49 bits per heavy atom. The summed E-state index contributed by atoms with van der Waals surface area (Å²) in [5.41, 5.74) is 9.75. The van der Waals surface area contributed by atoms with Gasteiger partial charge in [-0.3, -0.25) is 41.4 Å². The van der Waals surface area contributed by atoms with Gasteiger partial charge in [0.05, 0.1) is 12.0 Å². The fraction of sp³-hybridized carbons (Fsp3) is 0.0435. The molecule has 0 aliphatic rings. The highest BCUT2D eigenvalue weighted by atomic mass is 16.6. The highest BCUT2D eigenvalue weighted by Crippen LogP contribution is 2.28. The van der Waals surface area contributed by atoms with E-state index < -0.39 is 22.4 Å². The highest BCUT2D eigenvalue weighted by Gasteiger charge is 2.24. The van der Waals surface area contributed by atoms with E-state index in [4.69, 9.17) is 4.74 Å². The Hall–Kier alpha value is -5.26. The Morgan fingerprint density at radius 1 is 0.857 bits per heavy atom. The fourth-order valence-corrected chi connectivity index (χ4v) is 3.27. The van der Waals surface area contributed by atoms with E-state index in [0.29, 0.717) is 11.3 Å². The zero-order valence-electron chi connectivity index (χ0n) is 18.3. The first-order valence-electron chi connectivity index (χ1n) is 10.2. The normalized spacial score (nSPS) is 10.3. The van der Waals surface area contributed by atoms with E-state index in [2.05, 4.69) is 31.7 Å². The maximum absolute atomic E-state index is 12.7. The minimum Gasteiger partial charge on any atom is -0.497 e. The van der Waals surface area contributed by atoms with Crippen LogP contribution in [-0.2, 0) is 0 Å². The van der Waals surface area contributed by atoms with Gasteiger partial charge in [-0.1, -0.05) is 36.4 Å². The van der Waals surface area contributed by atoms with Crippen molar-refractivity contribution < 1.29 is 19.2 Å². The molecule has 0 aliphatic heterocycles. The number of benzene rings is 3. The molecular formula is C23H19N7O5. The van der Waals surface area contributed by atoms with Crippen molar-refractivity contribution in [3.63, 3.8) is 0 Å². The average molecular weight is 473 g/mol. The van der Waals surface area contributed by atoms with Gasteiger partial charge in [0.1, 0.15) is 12.1 Å². The van der Waals surface area contributed by atoms with Gasteiger partial charge >= 0.3 is 5.69 Å². The molecule has 35 heavy (non-hydrogen) atoms. The lowest BCUT2D eigenvalue weighted by atomic mass is 10.0. The van der Waals surface area contributed by atoms with Gasteiger partial charge in [0.25, 0.3) is 11.8 Å². The van der Waals surface area contributed by atoms with Crippen molar-refractivity contribution in [1.82, 2.24) is 20.8 Å². The zero-order valence-corrected chi connectivity index (χ0v) is 18.3. The van der Waals surface area contributed by atoms with E-state index in [9.17, 15) is 19.7 Å². The van der Waals surface area contributed by atoms with Crippen LogP contribution in [0.2, 0.25) is 0 Å². The number of nitro groups is 1. The number of carbonyl (C=O) groups excluding carboxylic acids is 2. The third kappa shape index (κ3) is 5.06. The van der Waals surface area contributed by atoms with E-state index in [1.807, 2.05) is 18.2 Å². The molecule has 3 aromatic carbocycles. The van der Waals surface area contributed by atoms with Crippen LogP contribution in [0.3, 0.4) is 0 Å². The molecule has 0 atom stereocenters. The van der Waals surface area contributed by atoms with Crippen LogP contribution >= 0.6 is 0 Å². The van der Waals surface area contributed by atoms with Crippen molar-refractivity contribution in [3.05, 3.63) is 94.3 Å². The Kier molecular flexibility index (Phi) is 6.63. The van der Waals surface area contributed by atoms with E-state index >= 15 is 0 Å². The van der Waals surface area contributed by atoms with Gasteiger partial charge in [-0.15, -0.1) is 0 Å². The number of methoxy groups -OCH3 is 1. The molecule has 0 saturated carbocycles. The van der Waals surface area contributed by atoms with E-state index in [-0.39, 0.29) is 17.2 Å². The lowest BCUT2D eigenvalue weighted by Gasteiger charge is -2.12. The van der Waals surface area contributed by atoms with Gasteiger partial charge in [0, 0.05) is 11.1 Å². The van der Waals surface area contributed by atoms with Crippen molar-refractivity contribution in [2.24, 2.45) is 0 Å². The quantitative estimate of drug-likeness (QED) is 0.223. The second-order valence-electron chi connectivity index (χ2n) is 7.09. The Balaban J connectivity index is 1.49. The van der Waals surface area contributed by atoms with Gasteiger partial charge in [0.2, 0.25) is 11.6 Å². The van der Waals surface area contributed by atoms with E-state index in [0.717, 1.165) is 17.1 Å². The SMILES string of the molecule is COc1ccc(C(=O)NNc2ncnc(NNC(=O)c3cccc4ccccc34)c2[N+](=O)[O-])cc1. The molecule has 0 radical (unpaired) electrons. The Morgan fingerprint density at radius 3 is 2.14 bits per heavy atom. The number of amides is 2. The molecule has 2 amide bonds. The van der Waals surface area contributed by atoms with Crippen molar-refractivity contribution in [2.75, 3.05) is 18.0 Å². The summed E-state index contributed by atoms with van der Waals surface area (Å²) in [5.74, 6) is -1.06. The molecule has 0 bridgehead atoms. The van der Waals surface area contributed by atoms with Crippen LogP contribution in [-0.4, -0.2) is 33.8 Å². The van der Waals surface area contributed by atoms with E-state index in [1.54, 1.807) is 36.4 Å². The van der Waals surface area contributed by atoms with Gasteiger partial charge in [-0.05, 0) is 41.1 Å². The predicted molar refractivity (Wildman–Crippen MR) is 128 cm³/mol. The van der Waals surface area contributed by atoms with Crippen LogP contribution < -0.4 is 26.4 Å². The number of nitrogens with one attached hydrogen (secondary N) is 4. The summed E-state index contributed by atoms with van der Waals surface area (Å²) in [6.45, 7) is 0. The molecule has 12 heteroatoms. The van der Waals surface area contributed by atoms with Crippen molar-refractivity contribution in [3.8, 4) is 5.75 Å². The summed E-state index contributed by atoms with van der Waals surface area (Å²) in [5, 5.41) is 13.3. The molecule has 4 rings (SSSR count). The lowest BCUT2D eigenvalue weighted by Crippen LogP contribution is -2.32. The number of carbonyl (C=O) groups is 2. The number of nitrogens with zero attached hydrogens (tertiary/aromatic N) is 3. The molecule has 176 valence electrons. The maximum atomic E-state index is 12.7. The molecule has 1 heterocycles. The van der Waals surface area contributed by atoms with Gasteiger partial charge in [-0.25, -0.2) is 9.97 Å². The highest BCUT2D eigenvalue weighted by molar-refractivity contribution is 6.07. The number of hydrogen-bond acceptors (Lipinski definition) is 9. The number of fused-ring (bicyclic) bond motifs is 1. The molecule has 0 saturated heterocycles. The van der Waals surface area contributed by atoms with Crippen LogP contribution in [0.1, 0.15) is 20.7 Å². The average Bonchev–Trinajstić information content (AvgIpc) is 2.89. The summed E-state index contributed by atoms with van der Waals surface area (Å²) in [7, 11) is 1.50. The predicted octanol–water partition coefficient (Wildman–Crippen LogP) is 3.06. The second kappa shape index (κ2) is 10.1. The first-order chi connectivity index (χ1) is 17.0. The molecule has 12 nitrogen and oxygen atoms in total. The van der Waals surface area contributed by atoms with E-state index in [1.165, 1.54) is 19.2 Å². The monoisotopic (exact) mass is 473 g/mol. The summed E-state index contributed by atoms with van der Waals surface area (Å²) in [6.07, 6.45) is 1.04. The van der Waals surface area contributed by atoms with Crippen LogP contribution in [0, 0.1) is 10.1 Å². The molecule has 0 fully saturated rings. The van der Waals surface area contributed by atoms with Crippen LogP contribution in [0.5, 0.6) is 5.75 Å². The molecule has 4 N–H and O–H groups in total. The van der Waals surface area contributed by atoms with Gasteiger partial charge < -0.3 is 4.74 Å². The number of hydrogen-bond donors (Lipinski definition) is 4. The standard InChI is InChI=1S/C23H19N7O5/c1-35-16-11-9-15(10-12-16)22(31)28-26-20-19(30(33)34)21(25-13-24-20)27-29-23(32)18-8-4-6-14-5-2-3-7-17(14)18/h2-13H,1H3,(H,28,31)(H,29,32)(H2,24,25,26,27). The smallest absolute Gasteiger partial charge is 0.356 e. The Bertz CT molecular complexity index is 1400. The van der Waals surface area contributed by atoms with Crippen molar-refractivity contribution in [2.45, 2.75) is 0 Å². The molecule has 1 aromatic heterocycles. The molecule has 0 spiro atoms. The first kappa shape index (κ1) is 22.9. The summed E-state index contributed by atoms with van der Waals surface area (Å²) < 4.78 is 5.05. The number of anilines is 2. The molecular weight excluding hydrogens is 454 g/mol. The van der Waals surface area contributed by atoms with Crippen LogP contribution in [0.4, 0.5) is 17.3 Å². The minimum atomic E-state index is -0.742. The fourth-order valence-electron chi connectivity index (χ4n) is 3.27. The second-order valence-corrected chi connectivity index (χ2v) is 7.09. The third-order valence-electron chi connectivity index (χ3n) is 4.98. The molecule has 0 aliphatic carbocycles. The van der Waals surface area contributed by atoms with Gasteiger partial charge in [-0.2, -0.15) is 0 Å². The van der Waals surface area contributed by atoms with Crippen LogP contribution in [0.25, 0.3) is 10.8 Å². The number of hydrazine groups is 2. The Labute approximate surface area is 198 Å². The minimum absolute atomic E-state index is 0.278.